The molecule has 1 aliphatic rings. The summed E-state index contributed by atoms with van der Waals surface area (Å²) >= 11 is 6.16. The van der Waals surface area contributed by atoms with E-state index >= 15 is 0 Å². The van der Waals surface area contributed by atoms with E-state index in [9.17, 15) is 4.79 Å². The second-order valence-corrected chi connectivity index (χ2v) is 9.20. The van der Waals surface area contributed by atoms with E-state index in [1.54, 1.807) is 33.5 Å². The summed E-state index contributed by atoms with van der Waals surface area (Å²) in [6.07, 6.45) is 1.93. The lowest BCUT2D eigenvalue weighted by atomic mass is 10.0. The zero-order valence-corrected chi connectivity index (χ0v) is 21.2. The van der Waals surface area contributed by atoms with Crippen molar-refractivity contribution < 1.29 is 19.0 Å². The van der Waals surface area contributed by atoms with E-state index in [1.807, 2.05) is 53.4 Å². The van der Waals surface area contributed by atoms with Crippen LogP contribution in [0.4, 0.5) is 0 Å². The molecule has 3 aromatic carbocycles. The van der Waals surface area contributed by atoms with Crippen LogP contribution >= 0.6 is 11.6 Å². The lowest BCUT2D eigenvalue weighted by Crippen LogP contribution is -2.33. The van der Waals surface area contributed by atoms with E-state index in [0.29, 0.717) is 28.6 Å². The molecular formula is C29H27ClN2O4. The molecule has 0 aliphatic heterocycles. The smallest absolute Gasteiger partial charge is 0.258 e. The molecule has 5 rings (SSSR count). The maximum atomic E-state index is 13.9. The third kappa shape index (κ3) is 4.69. The van der Waals surface area contributed by atoms with Crippen LogP contribution in [0.3, 0.4) is 0 Å². The maximum Gasteiger partial charge on any atom is 0.258 e. The highest BCUT2D eigenvalue weighted by Crippen LogP contribution is 2.37. The Bertz CT molecular complexity index is 1420. The van der Waals surface area contributed by atoms with E-state index in [0.717, 1.165) is 46.3 Å². The topological polar surface area (TPSA) is 60.9 Å². The molecule has 1 amide bonds. The number of amides is 1. The second-order valence-electron chi connectivity index (χ2n) is 8.77. The molecule has 0 radical (unpaired) electrons. The average Bonchev–Trinajstić information content (AvgIpc) is 3.76. The quantitative estimate of drug-likeness (QED) is 0.279. The van der Waals surface area contributed by atoms with Gasteiger partial charge in [0, 0.05) is 34.6 Å². The molecule has 0 unspecified atom stereocenters. The first-order chi connectivity index (χ1) is 17.5. The molecule has 0 bridgehead atoms. The normalized spacial score (nSPS) is 12.9. The maximum absolute atomic E-state index is 13.9. The number of pyridine rings is 1. The number of carbonyl (C=O) groups is 1. The van der Waals surface area contributed by atoms with Gasteiger partial charge in [0.2, 0.25) is 0 Å². The average molecular weight is 503 g/mol. The number of ether oxygens (including phenoxy) is 3. The number of halogens is 1. The summed E-state index contributed by atoms with van der Waals surface area (Å²) in [5, 5.41) is 1.63. The van der Waals surface area contributed by atoms with Gasteiger partial charge in [-0.15, -0.1) is 0 Å². The first-order valence-electron chi connectivity index (χ1n) is 11.8. The van der Waals surface area contributed by atoms with Crippen LogP contribution < -0.4 is 14.2 Å². The van der Waals surface area contributed by atoms with Gasteiger partial charge in [-0.05, 0) is 60.9 Å². The van der Waals surface area contributed by atoms with Crippen molar-refractivity contribution in [1.82, 2.24) is 9.88 Å². The number of rotatable bonds is 8. The lowest BCUT2D eigenvalue weighted by Gasteiger charge is -2.25. The van der Waals surface area contributed by atoms with Gasteiger partial charge in [0.05, 0.1) is 38.1 Å². The Balaban J connectivity index is 1.60. The molecule has 36 heavy (non-hydrogen) atoms. The fourth-order valence-corrected chi connectivity index (χ4v) is 4.57. The van der Waals surface area contributed by atoms with Gasteiger partial charge in [-0.3, -0.25) is 4.79 Å². The Kier molecular flexibility index (Phi) is 6.70. The fourth-order valence-electron chi connectivity index (χ4n) is 4.44. The predicted molar refractivity (Wildman–Crippen MR) is 141 cm³/mol. The minimum atomic E-state index is -0.0925. The fraction of sp³-hybridized carbons (Fsp3) is 0.241. The largest absolute Gasteiger partial charge is 0.497 e. The molecule has 1 saturated carbocycles. The number of fused-ring (bicyclic) bond motifs is 1. The van der Waals surface area contributed by atoms with E-state index in [1.165, 1.54) is 0 Å². The first-order valence-corrected chi connectivity index (χ1v) is 12.2. The molecule has 0 saturated heterocycles. The second kappa shape index (κ2) is 10.1. The Morgan fingerprint density at radius 1 is 0.972 bits per heavy atom. The highest BCUT2D eigenvalue weighted by Gasteiger charge is 2.35. The van der Waals surface area contributed by atoms with Crippen LogP contribution in [-0.2, 0) is 6.54 Å². The highest BCUT2D eigenvalue weighted by atomic mass is 35.5. The summed E-state index contributed by atoms with van der Waals surface area (Å²) in [6, 6.07) is 21.1. The van der Waals surface area contributed by atoms with Crippen LogP contribution in [0.25, 0.3) is 22.2 Å². The van der Waals surface area contributed by atoms with Crippen LogP contribution in [-0.4, -0.2) is 43.2 Å². The Labute approximate surface area is 215 Å². The van der Waals surface area contributed by atoms with Gasteiger partial charge in [-0.2, -0.15) is 0 Å². The number of aromatic nitrogens is 1. The molecule has 1 aromatic heterocycles. The van der Waals surface area contributed by atoms with E-state index < -0.39 is 0 Å². The van der Waals surface area contributed by atoms with E-state index in [-0.39, 0.29) is 11.9 Å². The SMILES string of the molecule is COc1ccc2cc(CN(C(=O)c3cccc(OC)c3OC)C3CC3)c(-c3ccc(Cl)cc3)nc2c1. The minimum absolute atomic E-state index is 0.0925. The van der Waals surface area contributed by atoms with Crippen molar-refractivity contribution >= 4 is 28.4 Å². The first kappa shape index (κ1) is 23.9. The van der Waals surface area contributed by atoms with Gasteiger partial charge in [0.25, 0.3) is 5.91 Å². The summed E-state index contributed by atoms with van der Waals surface area (Å²) in [7, 11) is 4.76. The summed E-state index contributed by atoms with van der Waals surface area (Å²) in [4.78, 5) is 20.8. The van der Waals surface area contributed by atoms with Gasteiger partial charge >= 0.3 is 0 Å². The zero-order valence-electron chi connectivity index (χ0n) is 20.5. The van der Waals surface area contributed by atoms with Crippen LogP contribution in [0.2, 0.25) is 5.02 Å². The molecular weight excluding hydrogens is 476 g/mol. The van der Waals surface area contributed by atoms with Crippen LogP contribution in [0.5, 0.6) is 17.2 Å². The van der Waals surface area contributed by atoms with Crippen molar-refractivity contribution in [3.8, 4) is 28.5 Å². The molecule has 0 N–H and O–H groups in total. The Morgan fingerprint density at radius 3 is 2.42 bits per heavy atom. The monoisotopic (exact) mass is 502 g/mol. The lowest BCUT2D eigenvalue weighted by molar-refractivity contribution is 0.0726. The third-order valence-electron chi connectivity index (χ3n) is 6.44. The summed E-state index contributed by atoms with van der Waals surface area (Å²) in [5.41, 5.74) is 4.00. The predicted octanol–water partition coefficient (Wildman–Crippen LogP) is 6.39. The summed E-state index contributed by atoms with van der Waals surface area (Å²) in [5.74, 6) is 1.62. The third-order valence-corrected chi connectivity index (χ3v) is 6.70. The molecule has 0 atom stereocenters. The molecule has 0 spiro atoms. The molecule has 1 aliphatic carbocycles. The van der Waals surface area contributed by atoms with E-state index in [2.05, 4.69) is 6.07 Å². The summed E-state index contributed by atoms with van der Waals surface area (Å²) < 4.78 is 16.4. The number of para-hydroxylation sites is 1. The number of hydrogen-bond acceptors (Lipinski definition) is 5. The van der Waals surface area contributed by atoms with Crippen molar-refractivity contribution in [1.29, 1.82) is 0 Å². The van der Waals surface area contributed by atoms with Crippen molar-refractivity contribution in [2.24, 2.45) is 0 Å². The van der Waals surface area contributed by atoms with Crippen molar-refractivity contribution in [3.63, 3.8) is 0 Å². The number of benzene rings is 3. The van der Waals surface area contributed by atoms with E-state index in [4.69, 9.17) is 30.8 Å². The molecule has 4 aromatic rings. The molecule has 7 heteroatoms. The van der Waals surface area contributed by atoms with Gasteiger partial charge in [0.1, 0.15) is 5.75 Å². The standard InChI is InChI=1S/C29H27ClN2O4/c1-34-23-14-9-19-15-20(27(31-25(19)16-23)18-7-10-21(30)11-8-18)17-32(22-12-13-22)29(33)24-5-4-6-26(35-2)28(24)36-3/h4-11,14-16,22H,12-13,17H2,1-3H3. The molecule has 6 nitrogen and oxygen atoms in total. The number of methoxy groups -OCH3 is 3. The molecule has 1 fully saturated rings. The van der Waals surface area contributed by atoms with Gasteiger partial charge < -0.3 is 19.1 Å². The zero-order chi connectivity index (χ0) is 25.2. The highest BCUT2D eigenvalue weighted by molar-refractivity contribution is 6.30. The van der Waals surface area contributed by atoms with Crippen LogP contribution in [0.15, 0.2) is 66.7 Å². The van der Waals surface area contributed by atoms with Crippen LogP contribution in [0, 0.1) is 0 Å². The van der Waals surface area contributed by atoms with Crippen molar-refractivity contribution in [2.75, 3.05) is 21.3 Å². The molecule has 1 heterocycles. The van der Waals surface area contributed by atoms with Gasteiger partial charge in [-0.25, -0.2) is 4.98 Å². The molecule has 184 valence electrons. The Morgan fingerprint density at radius 2 is 1.75 bits per heavy atom. The number of carbonyl (C=O) groups excluding carboxylic acids is 1. The minimum Gasteiger partial charge on any atom is -0.497 e. The Hall–Kier alpha value is -3.77. The van der Waals surface area contributed by atoms with Gasteiger partial charge in [0.15, 0.2) is 11.5 Å². The van der Waals surface area contributed by atoms with Gasteiger partial charge in [-0.1, -0.05) is 29.8 Å². The van der Waals surface area contributed by atoms with Crippen molar-refractivity contribution in [2.45, 2.75) is 25.4 Å². The number of nitrogens with zero attached hydrogens (tertiary/aromatic N) is 2. The van der Waals surface area contributed by atoms with Crippen LogP contribution in [0.1, 0.15) is 28.8 Å². The summed E-state index contributed by atoms with van der Waals surface area (Å²) in [6.45, 7) is 0.413. The number of hydrogen-bond donors (Lipinski definition) is 0. The van der Waals surface area contributed by atoms with Crippen molar-refractivity contribution in [3.05, 3.63) is 82.9 Å².